The van der Waals surface area contributed by atoms with Crippen LogP contribution in [0.4, 0.5) is 5.82 Å². The van der Waals surface area contributed by atoms with Gasteiger partial charge < -0.3 is 5.32 Å². The molecule has 110 valence electrons. The zero-order valence-corrected chi connectivity index (χ0v) is 12.7. The van der Waals surface area contributed by atoms with E-state index < -0.39 is 0 Å². The van der Waals surface area contributed by atoms with Gasteiger partial charge >= 0.3 is 0 Å². The molecule has 3 rings (SSSR count). The van der Waals surface area contributed by atoms with Gasteiger partial charge in [0.2, 0.25) is 0 Å². The van der Waals surface area contributed by atoms with Gasteiger partial charge in [0, 0.05) is 36.6 Å². The van der Waals surface area contributed by atoms with Crippen molar-refractivity contribution in [3.63, 3.8) is 0 Å². The third kappa shape index (κ3) is 3.70. The van der Waals surface area contributed by atoms with Gasteiger partial charge in [-0.3, -0.25) is 4.98 Å². The van der Waals surface area contributed by atoms with Crippen LogP contribution in [-0.4, -0.2) is 16.5 Å². The average Bonchev–Trinajstić information content (AvgIpc) is 2.57. The van der Waals surface area contributed by atoms with E-state index >= 15 is 0 Å². The molecule has 22 heavy (non-hydrogen) atoms. The lowest BCUT2D eigenvalue weighted by molar-refractivity contribution is 0.954. The van der Waals surface area contributed by atoms with Crippen LogP contribution < -0.4 is 5.32 Å². The van der Waals surface area contributed by atoms with Gasteiger partial charge in [-0.2, -0.15) is 0 Å². The molecule has 3 nitrogen and oxygen atoms in total. The smallest absolute Gasteiger partial charge is 0.125 e. The molecule has 0 aliphatic carbocycles. The molecule has 1 aromatic carbocycles. The molecule has 0 aliphatic heterocycles. The van der Waals surface area contributed by atoms with Crippen LogP contribution in [0.5, 0.6) is 0 Å². The summed E-state index contributed by atoms with van der Waals surface area (Å²) in [4.78, 5) is 8.79. The zero-order valence-electron chi connectivity index (χ0n) is 12.7. The number of pyridine rings is 2. The molecule has 0 aliphatic rings. The Hall–Kier alpha value is -2.68. The Balaban J connectivity index is 1.58. The number of hydrogen-bond donors (Lipinski definition) is 1. The van der Waals surface area contributed by atoms with Crippen molar-refractivity contribution in [2.75, 3.05) is 11.9 Å². The maximum atomic E-state index is 4.48. The molecule has 2 heterocycles. The summed E-state index contributed by atoms with van der Waals surface area (Å²) in [5.41, 5.74) is 4.68. The molecule has 0 amide bonds. The second kappa shape index (κ2) is 6.85. The van der Waals surface area contributed by atoms with E-state index in [9.17, 15) is 0 Å². The van der Waals surface area contributed by atoms with Gasteiger partial charge in [0.15, 0.2) is 0 Å². The highest BCUT2D eigenvalue weighted by molar-refractivity contribution is 5.63. The quantitative estimate of drug-likeness (QED) is 0.768. The summed E-state index contributed by atoms with van der Waals surface area (Å²) in [6, 6.07) is 18.6. The summed E-state index contributed by atoms with van der Waals surface area (Å²) in [5.74, 6) is 0.895. The van der Waals surface area contributed by atoms with Crippen LogP contribution in [0.15, 0.2) is 67.0 Å². The predicted molar refractivity (Wildman–Crippen MR) is 90.8 cm³/mol. The first-order chi connectivity index (χ1) is 10.8. The summed E-state index contributed by atoms with van der Waals surface area (Å²) in [5, 5.41) is 3.33. The van der Waals surface area contributed by atoms with Crippen molar-refractivity contribution < 1.29 is 0 Å². The van der Waals surface area contributed by atoms with E-state index in [0.717, 1.165) is 30.0 Å². The summed E-state index contributed by atoms with van der Waals surface area (Å²) in [7, 11) is 0. The van der Waals surface area contributed by atoms with Crippen LogP contribution in [0, 0.1) is 6.92 Å². The van der Waals surface area contributed by atoms with Crippen molar-refractivity contribution in [3.8, 4) is 11.1 Å². The minimum Gasteiger partial charge on any atom is -0.370 e. The van der Waals surface area contributed by atoms with E-state index in [1.165, 1.54) is 11.1 Å². The van der Waals surface area contributed by atoms with Crippen molar-refractivity contribution in [1.82, 2.24) is 9.97 Å². The van der Waals surface area contributed by atoms with Crippen molar-refractivity contribution in [3.05, 3.63) is 78.2 Å². The first-order valence-corrected chi connectivity index (χ1v) is 7.48. The number of aryl methyl sites for hydroxylation is 1. The highest BCUT2D eigenvalue weighted by Crippen LogP contribution is 2.19. The molecule has 0 unspecified atom stereocenters. The molecule has 0 saturated heterocycles. The van der Waals surface area contributed by atoms with E-state index in [4.69, 9.17) is 0 Å². The summed E-state index contributed by atoms with van der Waals surface area (Å²) >= 11 is 0. The van der Waals surface area contributed by atoms with Crippen LogP contribution in [-0.2, 0) is 6.42 Å². The third-order valence-corrected chi connectivity index (χ3v) is 3.56. The average molecular weight is 289 g/mol. The SMILES string of the molecule is Cc1ccc(-c2ccc(NCCc3ccccn3)nc2)cc1. The molecule has 3 heteroatoms. The van der Waals surface area contributed by atoms with Crippen LogP contribution in [0.25, 0.3) is 11.1 Å². The Kier molecular flexibility index (Phi) is 4.44. The molecule has 0 spiro atoms. The van der Waals surface area contributed by atoms with E-state index in [0.29, 0.717) is 0 Å². The van der Waals surface area contributed by atoms with Gasteiger partial charge in [0.05, 0.1) is 0 Å². The Bertz CT molecular complexity index is 704. The molecule has 3 aromatic rings. The molecule has 0 atom stereocenters. The molecular weight excluding hydrogens is 270 g/mol. The number of nitrogens with one attached hydrogen (secondary N) is 1. The number of nitrogens with zero attached hydrogens (tertiary/aromatic N) is 2. The molecule has 0 radical (unpaired) electrons. The molecule has 0 saturated carbocycles. The van der Waals surface area contributed by atoms with Crippen molar-refractivity contribution in [1.29, 1.82) is 0 Å². The van der Waals surface area contributed by atoms with E-state index in [2.05, 4.69) is 52.5 Å². The zero-order chi connectivity index (χ0) is 15.2. The van der Waals surface area contributed by atoms with E-state index in [-0.39, 0.29) is 0 Å². The lowest BCUT2D eigenvalue weighted by Gasteiger charge is -2.07. The lowest BCUT2D eigenvalue weighted by atomic mass is 10.1. The first kappa shape index (κ1) is 14.3. The molecule has 2 aromatic heterocycles. The lowest BCUT2D eigenvalue weighted by Crippen LogP contribution is -2.06. The highest BCUT2D eigenvalue weighted by atomic mass is 15.0. The maximum Gasteiger partial charge on any atom is 0.125 e. The first-order valence-electron chi connectivity index (χ1n) is 7.48. The minimum absolute atomic E-state index is 0.827. The molecular formula is C19H19N3. The van der Waals surface area contributed by atoms with E-state index in [1.807, 2.05) is 36.7 Å². The Morgan fingerprint density at radius 3 is 2.36 bits per heavy atom. The van der Waals surface area contributed by atoms with Gasteiger partial charge in [0.1, 0.15) is 5.82 Å². The number of hydrogen-bond acceptors (Lipinski definition) is 3. The number of benzene rings is 1. The second-order valence-electron chi connectivity index (χ2n) is 5.30. The normalized spacial score (nSPS) is 10.4. The standard InChI is InChI=1S/C19H19N3/c1-15-5-7-16(8-6-15)17-9-10-19(22-14-17)21-13-11-18-4-2-3-12-20-18/h2-10,12,14H,11,13H2,1H3,(H,21,22). The van der Waals surface area contributed by atoms with Gasteiger partial charge in [-0.25, -0.2) is 4.98 Å². The summed E-state index contributed by atoms with van der Waals surface area (Å²) < 4.78 is 0. The Labute approximate surface area is 131 Å². The topological polar surface area (TPSA) is 37.8 Å². The fourth-order valence-electron chi connectivity index (χ4n) is 2.28. The van der Waals surface area contributed by atoms with Crippen LogP contribution in [0.2, 0.25) is 0 Å². The predicted octanol–water partition coefficient (Wildman–Crippen LogP) is 4.11. The van der Waals surface area contributed by atoms with Crippen LogP contribution in [0.3, 0.4) is 0 Å². The van der Waals surface area contributed by atoms with E-state index in [1.54, 1.807) is 0 Å². The number of anilines is 1. The monoisotopic (exact) mass is 289 g/mol. The molecule has 1 N–H and O–H groups in total. The third-order valence-electron chi connectivity index (χ3n) is 3.56. The minimum atomic E-state index is 0.827. The van der Waals surface area contributed by atoms with Crippen molar-refractivity contribution in [2.24, 2.45) is 0 Å². The fraction of sp³-hybridized carbons (Fsp3) is 0.158. The van der Waals surface area contributed by atoms with Crippen molar-refractivity contribution in [2.45, 2.75) is 13.3 Å². The van der Waals surface area contributed by atoms with Crippen LogP contribution in [0.1, 0.15) is 11.3 Å². The number of rotatable bonds is 5. The van der Waals surface area contributed by atoms with Crippen molar-refractivity contribution >= 4 is 5.82 Å². The summed E-state index contributed by atoms with van der Waals surface area (Å²) in [6.07, 6.45) is 4.62. The van der Waals surface area contributed by atoms with Crippen LogP contribution >= 0.6 is 0 Å². The van der Waals surface area contributed by atoms with Gasteiger partial charge in [-0.05, 0) is 36.8 Å². The van der Waals surface area contributed by atoms with Gasteiger partial charge in [-0.1, -0.05) is 35.9 Å². The summed E-state index contributed by atoms with van der Waals surface area (Å²) in [6.45, 7) is 2.92. The Morgan fingerprint density at radius 1 is 0.864 bits per heavy atom. The fourth-order valence-corrected chi connectivity index (χ4v) is 2.28. The molecule has 0 fully saturated rings. The highest BCUT2D eigenvalue weighted by Gasteiger charge is 1.99. The maximum absolute atomic E-state index is 4.48. The number of aromatic nitrogens is 2. The van der Waals surface area contributed by atoms with Gasteiger partial charge in [-0.15, -0.1) is 0 Å². The van der Waals surface area contributed by atoms with Gasteiger partial charge in [0.25, 0.3) is 0 Å². The Morgan fingerprint density at radius 2 is 1.68 bits per heavy atom. The second-order valence-corrected chi connectivity index (χ2v) is 5.30. The largest absolute Gasteiger partial charge is 0.370 e. The molecule has 0 bridgehead atoms.